The first kappa shape index (κ1) is 14.3. The molecule has 0 unspecified atom stereocenters. The number of methoxy groups -OCH3 is 1. The van der Waals surface area contributed by atoms with Crippen LogP contribution in [-0.4, -0.2) is 24.0 Å². The Bertz CT molecular complexity index is 511. The summed E-state index contributed by atoms with van der Waals surface area (Å²) in [5, 5.41) is 7.89. The number of ether oxygens (including phenoxy) is 1. The summed E-state index contributed by atoms with van der Waals surface area (Å²) in [6.07, 6.45) is -4.68. The molecule has 8 heteroatoms. The van der Waals surface area contributed by atoms with Crippen LogP contribution in [0.15, 0.2) is 12.1 Å². The number of carbonyl (C=O) groups excluding carboxylic acids is 1. The van der Waals surface area contributed by atoms with Gasteiger partial charge in [0.2, 0.25) is 0 Å². The van der Waals surface area contributed by atoms with E-state index in [0.29, 0.717) is 12.1 Å². The van der Waals surface area contributed by atoms with Crippen molar-refractivity contribution in [3.63, 3.8) is 0 Å². The molecule has 0 saturated carbocycles. The summed E-state index contributed by atoms with van der Waals surface area (Å²) < 4.78 is 41.9. The van der Waals surface area contributed by atoms with Crippen LogP contribution in [0.4, 0.5) is 13.2 Å². The third-order valence-corrected chi connectivity index (χ3v) is 2.32. The highest BCUT2D eigenvalue weighted by atomic mass is 35.5. The van der Waals surface area contributed by atoms with E-state index in [2.05, 4.69) is 4.74 Å². The first-order valence-electron chi connectivity index (χ1n) is 4.40. The number of hydrogen-bond acceptors (Lipinski definition) is 3. The van der Waals surface area contributed by atoms with E-state index in [1.165, 1.54) is 0 Å². The second kappa shape index (κ2) is 4.85. The number of benzene rings is 1. The Morgan fingerprint density at radius 2 is 1.89 bits per heavy atom. The van der Waals surface area contributed by atoms with Crippen LogP contribution in [0.2, 0.25) is 5.02 Å². The Morgan fingerprint density at radius 3 is 2.28 bits per heavy atom. The molecule has 0 heterocycles. The maximum Gasteiger partial charge on any atom is 0.416 e. The summed E-state index contributed by atoms with van der Waals surface area (Å²) in [6.45, 7) is 0. The first-order chi connectivity index (χ1) is 8.18. The number of alkyl halides is 3. The fourth-order valence-electron chi connectivity index (χ4n) is 1.23. The van der Waals surface area contributed by atoms with Crippen LogP contribution in [0, 0.1) is 0 Å². The first-order valence-corrected chi connectivity index (χ1v) is 4.78. The van der Waals surface area contributed by atoms with Crippen molar-refractivity contribution in [3.05, 3.63) is 28.3 Å². The van der Waals surface area contributed by atoms with Crippen molar-refractivity contribution in [2.75, 3.05) is 7.11 Å². The second-order valence-corrected chi connectivity index (χ2v) is 3.57. The predicted molar refractivity (Wildman–Crippen MR) is 55.0 cm³/mol. The topological polar surface area (TPSA) is 63.6 Å². The molecule has 0 radical (unpaired) electrons. The third kappa shape index (κ3) is 2.73. The molecule has 0 atom stereocenters. The number of aliphatic carboxylic acids is 1. The summed E-state index contributed by atoms with van der Waals surface area (Å²) >= 11 is 5.49. The molecule has 0 aromatic heterocycles. The summed E-state index contributed by atoms with van der Waals surface area (Å²) in [7, 11) is 1.00. The lowest BCUT2D eigenvalue weighted by Gasteiger charge is -2.12. The second-order valence-electron chi connectivity index (χ2n) is 3.17. The van der Waals surface area contributed by atoms with Crippen molar-refractivity contribution in [1.29, 1.82) is 0 Å². The fourth-order valence-corrected chi connectivity index (χ4v) is 1.53. The smallest absolute Gasteiger partial charge is 0.416 e. The van der Waals surface area contributed by atoms with E-state index in [0.717, 1.165) is 7.11 Å². The van der Waals surface area contributed by atoms with Gasteiger partial charge in [0.05, 0.1) is 23.3 Å². The van der Waals surface area contributed by atoms with E-state index in [9.17, 15) is 22.8 Å². The van der Waals surface area contributed by atoms with Crippen LogP contribution in [-0.2, 0) is 11.0 Å². The minimum absolute atomic E-state index is 0.472. The molecule has 0 saturated heterocycles. The number of ketones is 1. The Balaban J connectivity index is 3.47. The molecule has 0 aliphatic heterocycles. The normalized spacial score (nSPS) is 11.2. The van der Waals surface area contributed by atoms with E-state index >= 15 is 0 Å². The molecular formula is C10H6ClF3O4. The summed E-state index contributed by atoms with van der Waals surface area (Å²) in [5.41, 5.74) is -1.74. The number of carbonyl (C=O) groups is 2. The van der Waals surface area contributed by atoms with Crippen molar-refractivity contribution in [2.24, 2.45) is 0 Å². The zero-order valence-corrected chi connectivity index (χ0v) is 9.59. The lowest BCUT2D eigenvalue weighted by molar-refractivity contribution is -0.137. The molecule has 98 valence electrons. The van der Waals surface area contributed by atoms with Crippen molar-refractivity contribution in [1.82, 2.24) is 0 Å². The van der Waals surface area contributed by atoms with Gasteiger partial charge in [-0.05, 0) is 12.1 Å². The van der Waals surface area contributed by atoms with Gasteiger partial charge < -0.3 is 9.84 Å². The zero-order chi connectivity index (χ0) is 14.1. The lowest BCUT2D eigenvalue weighted by atomic mass is 10.1. The van der Waals surface area contributed by atoms with E-state index in [1.807, 2.05) is 0 Å². The molecular weight excluding hydrogens is 277 g/mol. The van der Waals surface area contributed by atoms with Gasteiger partial charge >= 0.3 is 12.1 Å². The fraction of sp³-hybridized carbons (Fsp3) is 0.200. The third-order valence-electron chi connectivity index (χ3n) is 2.02. The molecule has 0 fully saturated rings. The molecule has 1 rings (SSSR count). The monoisotopic (exact) mass is 282 g/mol. The van der Waals surface area contributed by atoms with Gasteiger partial charge in [-0.25, -0.2) is 4.79 Å². The number of rotatable bonds is 3. The molecule has 4 nitrogen and oxygen atoms in total. The van der Waals surface area contributed by atoms with Crippen molar-refractivity contribution in [3.8, 4) is 5.75 Å². The molecule has 0 aliphatic rings. The highest BCUT2D eigenvalue weighted by molar-refractivity contribution is 6.45. The quantitative estimate of drug-likeness (QED) is 0.684. The summed E-state index contributed by atoms with van der Waals surface area (Å²) in [5.74, 6) is -3.82. The van der Waals surface area contributed by atoms with Crippen molar-refractivity contribution in [2.45, 2.75) is 6.18 Å². The van der Waals surface area contributed by atoms with Gasteiger partial charge in [0, 0.05) is 0 Å². The highest BCUT2D eigenvalue weighted by Crippen LogP contribution is 2.37. The van der Waals surface area contributed by atoms with Gasteiger partial charge in [0.1, 0.15) is 5.75 Å². The van der Waals surface area contributed by atoms with Crippen molar-refractivity contribution >= 4 is 23.4 Å². The average Bonchev–Trinajstić information content (AvgIpc) is 2.25. The Morgan fingerprint density at radius 1 is 1.33 bits per heavy atom. The number of carboxylic acids is 1. The van der Waals surface area contributed by atoms with Crippen LogP contribution in [0.25, 0.3) is 0 Å². The van der Waals surface area contributed by atoms with E-state index in [-0.39, 0.29) is 0 Å². The zero-order valence-electron chi connectivity index (χ0n) is 8.84. The molecule has 18 heavy (non-hydrogen) atoms. The number of carboxylic acid groups (broad SMARTS) is 1. The number of halogens is 4. The van der Waals surface area contributed by atoms with Gasteiger partial charge in [-0.1, -0.05) is 11.6 Å². The number of Topliss-reactive ketones (excluding diaryl/α,β-unsaturated/α-hetero) is 1. The minimum atomic E-state index is -4.68. The Hall–Kier alpha value is -1.76. The minimum Gasteiger partial charge on any atom is -0.496 e. The largest absolute Gasteiger partial charge is 0.496 e. The average molecular weight is 283 g/mol. The molecule has 0 bridgehead atoms. The maximum atomic E-state index is 12.5. The molecule has 0 aliphatic carbocycles. The standard InChI is InChI=1S/C10H6ClF3O4/c1-18-6-3-4(10(12,13)14)2-5(11)7(6)8(15)9(16)17/h2-3H,1H3,(H,16,17). The number of hydrogen-bond donors (Lipinski definition) is 1. The van der Waals surface area contributed by atoms with E-state index in [1.54, 1.807) is 0 Å². The summed E-state index contributed by atoms with van der Waals surface area (Å²) in [4.78, 5) is 21.8. The van der Waals surface area contributed by atoms with Gasteiger partial charge in [0.15, 0.2) is 0 Å². The van der Waals surface area contributed by atoms with Gasteiger partial charge in [-0.3, -0.25) is 4.79 Å². The highest BCUT2D eigenvalue weighted by Gasteiger charge is 2.34. The predicted octanol–water partition coefficient (Wildman–Crippen LogP) is 2.63. The van der Waals surface area contributed by atoms with Crippen LogP contribution in [0.5, 0.6) is 5.75 Å². The molecule has 0 amide bonds. The Kier molecular flexibility index (Phi) is 3.85. The molecule has 1 aromatic carbocycles. The van der Waals surface area contributed by atoms with Crippen LogP contribution in [0.3, 0.4) is 0 Å². The lowest BCUT2D eigenvalue weighted by Crippen LogP contribution is -2.16. The van der Waals surface area contributed by atoms with Crippen LogP contribution < -0.4 is 4.74 Å². The van der Waals surface area contributed by atoms with Gasteiger partial charge in [-0.2, -0.15) is 13.2 Å². The van der Waals surface area contributed by atoms with Gasteiger partial charge in [0.25, 0.3) is 5.78 Å². The van der Waals surface area contributed by atoms with Crippen molar-refractivity contribution < 1.29 is 32.6 Å². The SMILES string of the molecule is COc1cc(C(F)(F)F)cc(Cl)c1C(=O)C(=O)O. The molecule has 1 aromatic rings. The summed E-state index contributed by atoms with van der Waals surface area (Å²) in [6, 6.07) is 0.988. The van der Waals surface area contributed by atoms with Crippen LogP contribution in [0.1, 0.15) is 15.9 Å². The van der Waals surface area contributed by atoms with E-state index in [4.69, 9.17) is 16.7 Å². The van der Waals surface area contributed by atoms with E-state index < -0.39 is 39.8 Å². The van der Waals surface area contributed by atoms with Gasteiger partial charge in [-0.15, -0.1) is 0 Å². The Labute approximate surface area is 104 Å². The maximum absolute atomic E-state index is 12.5. The molecule has 1 N–H and O–H groups in total. The molecule has 0 spiro atoms. The van der Waals surface area contributed by atoms with Crippen LogP contribution >= 0.6 is 11.6 Å².